The Morgan fingerprint density at radius 3 is 2.14 bits per heavy atom. The van der Waals surface area contributed by atoms with Gasteiger partial charge in [-0.25, -0.2) is 13.2 Å². The van der Waals surface area contributed by atoms with Crippen LogP contribution in [0.4, 0.5) is 0 Å². The minimum absolute atomic E-state index is 0. The van der Waals surface area contributed by atoms with E-state index < -0.39 is 26.5 Å². The number of carboxylic acid groups (broad SMARTS) is 1. The van der Waals surface area contributed by atoms with Crippen LogP contribution in [0.2, 0.25) is 0 Å². The third-order valence-corrected chi connectivity index (χ3v) is 2.28. The summed E-state index contributed by atoms with van der Waals surface area (Å²) in [6.07, 6.45) is 0. The molecule has 0 spiro atoms. The molecule has 0 aliphatic heterocycles. The Bertz CT molecular complexity index is 439. The second kappa shape index (κ2) is 4.62. The van der Waals surface area contributed by atoms with Gasteiger partial charge in [-0.3, -0.25) is 0 Å². The molecule has 7 heteroatoms. The summed E-state index contributed by atoms with van der Waals surface area (Å²) in [6, 6.07) is 4.66. The first-order chi connectivity index (χ1) is 5.93. The third kappa shape index (κ3) is 2.85. The second-order valence-corrected chi connectivity index (χ2v) is 3.60. The van der Waals surface area contributed by atoms with E-state index >= 15 is 0 Å². The van der Waals surface area contributed by atoms with E-state index in [1.54, 1.807) is 0 Å². The van der Waals surface area contributed by atoms with Crippen LogP contribution in [0.5, 0.6) is 0 Å². The van der Waals surface area contributed by atoms with Gasteiger partial charge in [-0.2, -0.15) is 0 Å². The zero-order valence-electron chi connectivity index (χ0n) is 7.30. The monoisotopic (exact) mass is 208 g/mol. The Balaban J connectivity index is 0.00000169. The molecule has 0 saturated carbocycles. The van der Waals surface area contributed by atoms with Crippen molar-refractivity contribution in [1.82, 2.24) is 0 Å². The molecule has 0 saturated heterocycles. The molecule has 1 aromatic rings. The molecule has 0 fully saturated rings. The van der Waals surface area contributed by atoms with E-state index in [0.717, 1.165) is 12.1 Å². The normalized spacial score (nSPS) is 10.4. The van der Waals surface area contributed by atoms with Crippen LogP contribution < -0.4 is 18.9 Å². The van der Waals surface area contributed by atoms with Crippen LogP contribution in [-0.4, -0.2) is 24.0 Å². The molecular formula is C7H5LiO5S. The van der Waals surface area contributed by atoms with Crippen molar-refractivity contribution in [3.8, 4) is 0 Å². The zero-order chi connectivity index (χ0) is 10.1. The number of hydrogen-bond acceptors (Lipinski definition) is 4. The largest absolute Gasteiger partial charge is 1.00 e. The summed E-state index contributed by atoms with van der Waals surface area (Å²) in [5.41, 5.74) is -0.502. The van der Waals surface area contributed by atoms with Crippen molar-refractivity contribution in [3.63, 3.8) is 0 Å². The van der Waals surface area contributed by atoms with Gasteiger partial charge >= 0.3 is 24.8 Å². The maximum Gasteiger partial charge on any atom is 1.00 e. The maximum atomic E-state index is 10.5. The van der Waals surface area contributed by atoms with E-state index in [-0.39, 0.29) is 18.9 Å². The molecule has 0 atom stereocenters. The van der Waals surface area contributed by atoms with Crippen molar-refractivity contribution < 1.29 is 41.7 Å². The quantitative estimate of drug-likeness (QED) is 0.421. The molecule has 0 aliphatic rings. The van der Waals surface area contributed by atoms with E-state index in [1.807, 2.05) is 0 Å². The number of benzene rings is 1. The molecule has 0 unspecified atom stereocenters. The number of hydrogen-bond donors (Lipinski definition) is 1. The fraction of sp³-hybridized carbons (Fsp3) is 0. The van der Waals surface area contributed by atoms with Gasteiger partial charge in [0.15, 0.2) is 0 Å². The molecule has 1 N–H and O–H groups in total. The van der Waals surface area contributed by atoms with Gasteiger partial charge in [0, 0.05) is 0 Å². The summed E-state index contributed by atoms with van der Waals surface area (Å²) < 4.78 is 31.6. The second-order valence-electron chi connectivity index (χ2n) is 2.26. The topological polar surface area (TPSA) is 94.5 Å². The number of aromatic carboxylic acids is 1. The van der Waals surface area contributed by atoms with Gasteiger partial charge in [-0.05, 0) is 12.1 Å². The summed E-state index contributed by atoms with van der Waals surface area (Å²) >= 11 is 0. The Morgan fingerprint density at radius 2 is 1.79 bits per heavy atom. The van der Waals surface area contributed by atoms with Crippen LogP contribution in [0.3, 0.4) is 0 Å². The summed E-state index contributed by atoms with van der Waals surface area (Å²) in [7, 11) is -4.71. The number of carbonyl (C=O) groups is 1. The van der Waals surface area contributed by atoms with Crippen LogP contribution in [0, 0.1) is 0 Å². The molecule has 1 aromatic carbocycles. The first kappa shape index (κ1) is 13.2. The molecule has 5 nitrogen and oxygen atoms in total. The van der Waals surface area contributed by atoms with Crippen LogP contribution in [-0.2, 0) is 10.1 Å². The van der Waals surface area contributed by atoms with Crippen molar-refractivity contribution >= 4 is 16.1 Å². The molecule has 14 heavy (non-hydrogen) atoms. The molecule has 1 rings (SSSR count). The fourth-order valence-electron chi connectivity index (χ4n) is 0.861. The van der Waals surface area contributed by atoms with Gasteiger partial charge in [0.05, 0.1) is 10.5 Å². The van der Waals surface area contributed by atoms with Gasteiger partial charge in [0.25, 0.3) is 0 Å². The standard InChI is InChI=1S/C7H6O5S.Li/c8-7(9)5-3-1-2-4-6(5)13(10,11)12;/h1-4H,(H,8,9)(H,10,11,12);/q;+1/p-1. The van der Waals surface area contributed by atoms with Gasteiger partial charge in [0.2, 0.25) is 0 Å². The minimum Gasteiger partial charge on any atom is -0.744 e. The number of carboxylic acids is 1. The Kier molecular flexibility index (Phi) is 4.35. The molecule has 70 valence electrons. The molecule has 0 radical (unpaired) electrons. The van der Waals surface area contributed by atoms with Crippen molar-refractivity contribution in [2.75, 3.05) is 0 Å². The summed E-state index contributed by atoms with van der Waals surface area (Å²) in [5.74, 6) is -1.44. The summed E-state index contributed by atoms with van der Waals surface area (Å²) in [5, 5.41) is 8.53. The summed E-state index contributed by atoms with van der Waals surface area (Å²) in [6.45, 7) is 0. The fourth-order valence-corrected chi connectivity index (χ4v) is 1.53. The van der Waals surface area contributed by atoms with Gasteiger partial charge in [0.1, 0.15) is 10.1 Å². The molecule has 0 amide bonds. The van der Waals surface area contributed by atoms with Crippen molar-refractivity contribution in [2.24, 2.45) is 0 Å². The van der Waals surface area contributed by atoms with E-state index in [1.165, 1.54) is 12.1 Å². The SMILES string of the molecule is O=C(O)c1ccccc1S(=O)(=O)[O-].[Li+]. The predicted octanol–water partition coefficient (Wildman–Crippen LogP) is -2.71. The van der Waals surface area contributed by atoms with Crippen LogP contribution in [0.15, 0.2) is 29.2 Å². The van der Waals surface area contributed by atoms with Gasteiger partial charge in [-0.15, -0.1) is 0 Å². The predicted molar refractivity (Wildman–Crippen MR) is 41.4 cm³/mol. The van der Waals surface area contributed by atoms with Crippen LogP contribution in [0.25, 0.3) is 0 Å². The van der Waals surface area contributed by atoms with E-state index in [4.69, 9.17) is 5.11 Å². The number of rotatable bonds is 2. The molecule has 0 aromatic heterocycles. The smallest absolute Gasteiger partial charge is 0.744 e. The minimum atomic E-state index is -4.71. The Hall–Kier alpha value is -0.803. The molecule has 0 bridgehead atoms. The Morgan fingerprint density at radius 1 is 1.29 bits per heavy atom. The average Bonchev–Trinajstić information content (AvgIpc) is 2.03. The van der Waals surface area contributed by atoms with Crippen molar-refractivity contribution in [2.45, 2.75) is 4.90 Å². The molecule has 0 aliphatic carbocycles. The van der Waals surface area contributed by atoms with Crippen LogP contribution in [0.1, 0.15) is 10.4 Å². The average molecular weight is 208 g/mol. The molecular weight excluding hydrogens is 203 g/mol. The maximum absolute atomic E-state index is 10.5. The van der Waals surface area contributed by atoms with Crippen molar-refractivity contribution in [1.29, 1.82) is 0 Å². The van der Waals surface area contributed by atoms with Crippen LogP contribution >= 0.6 is 0 Å². The third-order valence-electron chi connectivity index (χ3n) is 1.39. The van der Waals surface area contributed by atoms with Gasteiger partial charge < -0.3 is 9.66 Å². The summed E-state index contributed by atoms with van der Waals surface area (Å²) in [4.78, 5) is 9.76. The molecule has 0 heterocycles. The van der Waals surface area contributed by atoms with E-state index in [0.29, 0.717) is 0 Å². The van der Waals surface area contributed by atoms with E-state index in [2.05, 4.69) is 0 Å². The first-order valence-electron chi connectivity index (χ1n) is 3.21. The van der Waals surface area contributed by atoms with E-state index in [9.17, 15) is 17.8 Å². The first-order valence-corrected chi connectivity index (χ1v) is 4.62. The van der Waals surface area contributed by atoms with Gasteiger partial charge in [-0.1, -0.05) is 12.1 Å². The zero-order valence-corrected chi connectivity index (χ0v) is 8.11. The van der Waals surface area contributed by atoms with Crippen molar-refractivity contribution in [3.05, 3.63) is 29.8 Å². The Labute approximate surface area is 92.7 Å².